The standard InChI is InChI=1S/C21H23N3O3/c1-22-15-20(26)24(21(22)27)16-19(25)23(14-18-10-6-3-7-11-18)13-12-17-8-4-2-5-9-17/h2-11H,12-16H2,1H3. The predicted octanol–water partition coefficient (Wildman–Crippen LogP) is 2.15. The first-order valence-electron chi connectivity index (χ1n) is 8.95. The lowest BCUT2D eigenvalue weighted by Gasteiger charge is -2.25. The molecule has 140 valence electrons. The summed E-state index contributed by atoms with van der Waals surface area (Å²) in [6, 6.07) is 19.2. The van der Waals surface area contributed by atoms with Gasteiger partial charge in [0.15, 0.2) is 0 Å². The van der Waals surface area contributed by atoms with Crippen LogP contribution in [0.5, 0.6) is 0 Å². The Morgan fingerprint density at radius 1 is 0.963 bits per heavy atom. The van der Waals surface area contributed by atoms with E-state index in [2.05, 4.69) is 0 Å². The molecule has 0 saturated carbocycles. The van der Waals surface area contributed by atoms with Crippen LogP contribution >= 0.6 is 0 Å². The van der Waals surface area contributed by atoms with Gasteiger partial charge in [0, 0.05) is 20.1 Å². The van der Waals surface area contributed by atoms with E-state index in [0.717, 1.165) is 16.0 Å². The quantitative estimate of drug-likeness (QED) is 0.707. The lowest BCUT2D eigenvalue weighted by molar-refractivity contribution is -0.137. The van der Waals surface area contributed by atoms with Crippen LogP contribution in [-0.4, -0.2) is 59.2 Å². The van der Waals surface area contributed by atoms with E-state index in [1.54, 1.807) is 11.9 Å². The van der Waals surface area contributed by atoms with Gasteiger partial charge in [-0.1, -0.05) is 60.7 Å². The average molecular weight is 365 g/mol. The Kier molecular flexibility index (Phi) is 5.86. The molecule has 1 aliphatic heterocycles. The number of rotatable bonds is 7. The number of hydrogen-bond acceptors (Lipinski definition) is 3. The van der Waals surface area contributed by atoms with Crippen molar-refractivity contribution >= 4 is 17.8 Å². The molecule has 1 heterocycles. The predicted molar refractivity (Wildman–Crippen MR) is 102 cm³/mol. The summed E-state index contributed by atoms with van der Waals surface area (Å²) in [6.07, 6.45) is 0.710. The molecule has 0 spiro atoms. The fourth-order valence-corrected chi connectivity index (χ4v) is 3.06. The summed E-state index contributed by atoms with van der Waals surface area (Å²) in [5, 5.41) is 0. The first-order valence-corrected chi connectivity index (χ1v) is 8.95. The Bertz CT molecular complexity index is 808. The molecular formula is C21H23N3O3. The summed E-state index contributed by atoms with van der Waals surface area (Å²) in [4.78, 5) is 41.0. The van der Waals surface area contributed by atoms with E-state index in [0.29, 0.717) is 19.5 Å². The molecule has 0 aliphatic carbocycles. The topological polar surface area (TPSA) is 60.9 Å². The fourth-order valence-electron chi connectivity index (χ4n) is 3.06. The number of hydrogen-bond donors (Lipinski definition) is 0. The molecule has 0 bridgehead atoms. The number of nitrogens with zero attached hydrogens (tertiary/aromatic N) is 3. The zero-order chi connectivity index (χ0) is 19.2. The summed E-state index contributed by atoms with van der Waals surface area (Å²) in [5.41, 5.74) is 2.14. The van der Waals surface area contributed by atoms with E-state index < -0.39 is 6.03 Å². The third-order valence-corrected chi connectivity index (χ3v) is 4.61. The molecule has 0 aromatic heterocycles. The molecule has 1 aliphatic rings. The van der Waals surface area contributed by atoms with Gasteiger partial charge in [-0.2, -0.15) is 0 Å². The van der Waals surface area contributed by atoms with Crippen LogP contribution in [0.2, 0.25) is 0 Å². The van der Waals surface area contributed by atoms with Crippen molar-refractivity contribution in [3.8, 4) is 0 Å². The highest BCUT2D eigenvalue weighted by molar-refractivity contribution is 6.04. The first kappa shape index (κ1) is 18.6. The molecule has 4 amide bonds. The molecule has 27 heavy (non-hydrogen) atoms. The van der Waals surface area contributed by atoms with Crippen molar-refractivity contribution < 1.29 is 14.4 Å². The van der Waals surface area contributed by atoms with Crippen molar-refractivity contribution in [1.29, 1.82) is 0 Å². The van der Waals surface area contributed by atoms with Crippen LogP contribution in [0.15, 0.2) is 60.7 Å². The lowest BCUT2D eigenvalue weighted by atomic mass is 10.1. The number of amides is 4. The number of likely N-dealkylation sites (N-methyl/N-ethyl adjacent to an activating group) is 1. The van der Waals surface area contributed by atoms with E-state index in [1.807, 2.05) is 60.7 Å². The van der Waals surface area contributed by atoms with Crippen LogP contribution < -0.4 is 0 Å². The van der Waals surface area contributed by atoms with Gasteiger partial charge in [-0.05, 0) is 17.5 Å². The summed E-state index contributed by atoms with van der Waals surface area (Å²) >= 11 is 0. The van der Waals surface area contributed by atoms with Crippen LogP contribution in [0, 0.1) is 0 Å². The van der Waals surface area contributed by atoms with Crippen molar-refractivity contribution in [1.82, 2.24) is 14.7 Å². The molecule has 0 N–H and O–H groups in total. The molecule has 0 radical (unpaired) electrons. The normalized spacial score (nSPS) is 14.0. The van der Waals surface area contributed by atoms with E-state index in [4.69, 9.17) is 0 Å². The van der Waals surface area contributed by atoms with Gasteiger partial charge in [-0.15, -0.1) is 0 Å². The number of carbonyl (C=O) groups is 3. The maximum Gasteiger partial charge on any atom is 0.327 e. The van der Waals surface area contributed by atoms with Crippen molar-refractivity contribution in [2.45, 2.75) is 13.0 Å². The first-order chi connectivity index (χ1) is 13.0. The molecule has 6 heteroatoms. The molecule has 2 aromatic carbocycles. The molecule has 0 unspecified atom stereocenters. The van der Waals surface area contributed by atoms with Gasteiger partial charge in [0.05, 0.1) is 0 Å². The zero-order valence-electron chi connectivity index (χ0n) is 15.4. The summed E-state index contributed by atoms with van der Waals surface area (Å²) in [5.74, 6) is -0.564. The van der Waals surface area contributed by atoms with Crippen LogP contribution in [0.3, 0.4) is 0 Å². The third-order valence-electron chi connectivity index (χ3n) is 4.61. The van der Waals surface area contributed by atoms with Gasteiger partial charge in [0.2, 0.25) is 5.91 Å². The van der Waals surface area contributed by atoms with Crippen LogP contribution in [0.25, 0.3) is 0 Å². The van der Waals surface area contributed by atoms with E-state index in [9.17, 15) is 14.4 Å². The molecule has 2 aromatic rings. The van der Waals surface area contributed by atoms with Gasteiger partial charge >= 0.3 is 6.03 Å². The molecule has 0 atom stereocenters. The van der Waals surface area contributed by atoms with Gasteiger partial charge < -0.3 is 9.80 Å². The lowest BCUT2D eigenvalue weighted by Crippen LogP contribution is -2.43. The van der Waals surface area contributed by atoms with Crippen LogP contribution in [0.1, 0.15) is 11.1 Å². The number of benzene rings is 2. The van der Waals surface area contributed by atoms with Crippen LogP contribution in [-0.2, 0) is 22.6 Å². The SMILES string of the molecule is CN1CC(=O)N(CC(=O)N(CCc2ccccc2)Cc2ccccc2)C1=O. The molecule has 1 saturated heterocycles. The van der Waals surface area contributed by atoms with Crippen molar-refractivity contribution in [3.63, 3.8) is 0 Å². The summed E-state index contributed by atoms with van der Waals surface area (Å²) in [6.45, 7) is 0.765. The highest BCUT2D eigenvalue weighted by Crippen LogP contribution is 2.12. The second-order valence-corrected chi connectivity index (χ2v) is 6.66. The van der Waals surface area contributed by atoms with Gasteiger partial charge in [0.1, 0.15) is 13.1 Å². The van der Waals surface area contributed by atoms with Crippen molar-refractivity contribution in [2.24, 2.45) is 0 Å². The second kappa shape index (κ2) is 8.49. The smallest absolute Gasteiger partial charge is 0.327 e. The summed E-state index contributed by atoms with van der Waals surface area (Å²) in [7, 11) is 1.56. The monoisotopic (exact) mass is 365 g/mol. The summed E-state index contributed by atoms with van der Waals surface area (Å²) < 4.78 is 0. The Balaban J connectivity index is 1.70. The van der Waals surface area contributed by atoms with Crippen molar-refractivity contribution in [2.75, 3.05) is 26.7 Å². The Labute approximate surface area is 159 Å². The van der Waals surface area contributed by atoms with E-state index in [-0.39, 0.29) is 24.9 Å². The number of carbonyl (C=O) groups excluding carboxylic acids is 3. The Morgan fingerprint density at radius 3 is 2.11 bits per heavy atom. The Morgan fingerprint density at radius 2 is 1.56 bits per heavy atom. The largest absolute Gasteiger partial charge is 0.336 e. The average Bonchev–Trinajstić information content (AvgIpc) is 2.92. The highest BCUT2D eigenvalue weighted by atomic mass is 16.2. The van der Waals surface area contributed by atoms with Crippen LogP contribution in [0.4, 0.5) is 4.79 Å². The van der Waals surface area contributed by atoms with Gasteiger partial charge in [0.25, 0.3) is 5.91 Å². The molecule has 1 fully saturated rings. The van der Waals surface area contributed by atoms with E-state index >= 15 is 0 Å². The molecular weight excluding hydrogens is 342 g/mol. The van der Waals surface area contributed by atoms with Gasteiger partial charge in [-0.25, -0.2) is 4.79 Å². The molecule has 6 nitrogen and oxygen atoms in total. The minimum atomic E-state index is -0.420. The second-order valence-electron chi connectivity index (χ2n) is 6.66. The van der Waals surface area contributed by atoms with Gasteiger partial charge in [-0.3, -0.25) is 14.5 Å². The minimum Gasteiger partial charge on any atom is -0.336 e. The maximum absolute atomic E-state index is 12.9. The fraction of sp³-hybridized carbons (Fsp3) is 0.286. The maximum atomic E-state index is 12.9. The molecule has 3 rings (SSSR count). The zero-order valence-corrected chi connectivity index (χ0v) is 15.4. The third kappa shape index (κ3) is 4.73. The van der Waals surface area contributed by atoms with E-state index in [1.165, 1.54) is 4.90 Å². The highest BCUT2D eigenvalue weighted by Gasteiger charge is 2.35. The number of urea groups is 1. The number of imide groups is 1. The minimum absolute atomic E-state index is 0.0226. The Hall–Kier alpha value is -3.15. The van der Waals surface area contributed by atoms with Crippen molar-refractivity contribution in [3.05, 3.63) is 71.8 Å².